The summed E-state index contributed by atoms with van der Waals surface area (Å²) in [4.78, 5) is 15.4. The van der Waals surface area contributed by atoms with Gasteiger partial charge in [-0.1, -0.05) is 0 Å². The summed E-state index contributed by atoms with van der Waals surface area (Å²) in [5.74, 6) is -0.813. The van der Waals surface area contributed by atoms with Crippen LogP contribution in [-0.4, -0.2) is 17.6 Å². The van der Waals surface area contributed by atoms with Crippen LogP contribution < -0.4 is 5.73 Å². The van der Waals surface area contributed by atoms with E-state index in [9.17, 15) is 13.6 Å². The maximum absolute atomic E-state index is 12.7. The minimum atomic E-state index is -2.80. The van der Waals surface area contributed by atoms with E-state index in [1.165, 1.54) is 0 Å². The molecule has 0 unspecified atom stereocenters. The fourth-order valence-corrected chi connectivity index (χ4v) is 1.91. The first-order valence-corrected chi connectivity index (χ1v) is 5.64. The number of carbonyl (C=O) groups excluding carboxylic acids is 1. The average molecular weight is 309 g/mol. The molecule has 1 aromatic heterocycles. The predicted molar refractivity (Wildman–Crippen MR) is 60.7 cm³/mol. The van der Waals surface area contributed by atoms with Crippen molar-refractivity contribution in [1.29, 1.82) is 0 Å². The Hall–Kier alpha value is -1.08. The van der Waals surface area contributed by atoms with Gasteiger partial charge in [-0.05, 0) is 22.9 Å². The summed E-state index contributed by atoms with van der Waals surface area (Å²) in [6.45, 7) is 1.74. The number of aromatic nitrogens is 1. The number of hydrogen-bond donors (Lipinski definition) is 1. The number of rotatable bonds is 4. The predicted octanol–water partition coefficient (Wildman–Crippen LogP) is 2.42. The molecule has 0 aromatic carbocycles. The number of esters is 1. The van der Waals surface area contributed by atoms with Crippen LogP contribution in [0.15, 0.2) is 10.7 Å². The van der Waals surface area contributed by atoms with E-state index in [2.05, 4.69) is 20.9 Å². The first kappa shape index (κ1) is 14.0. The van der Waals surface area contributed by atoms with Gasteiger partial charge in [-0.2, -0.15) is 0 Å². The highest BCUT2D eigenvalue weighted by atomic mass is 79.9. The lowest BCUT2D eigenvalue weighted by atomic mass is 10.1. The normalized spacial score (nSPS) is 10.7. The zero-order valence-electron chi connectivity index (χ0n) is 9.04. The minimum Gasteiger partial charge on any atom is -0.462 e. The molecule has 2 N–H and O–H groups in total. The molecular weight excluding hydrogens is 298 g/mol. The third-order valence-corrected chi connectivity index (χ3v) is 2.88. The zero-order chi connectivity index (χ0) is 13.0. The first-order chi connectivity index (χ1) is 8.02. The topological polar surface area (TPSA) is 65.2 Å². The monoisotopic (exact) mass is 308 g/mol. The van der Waals surface area contributed by atoms with Crippen LogP contribution in [0.25, 0.3) is 0 Å². The first-order valence-electron chi connectivity index (χ1n) is 4.85. The molecule has 1 heterocycles. The lowest BCUT2D eigenvalue weighted by Gasteiger charge is -2.12. The summed E-state index contributed by atoms with van der Waals surface area (Å²) in [6, 6.07) is 0. The van der Waals surface area contributed by atoms with Crippen LogP contribution in [0.4, 0.5) is 8.78 Å². The van der Waals surface area contributed by atoms with Gasteiger partial charge in [0.1, 0.15) is 0 Å². The van der Waals surface area contributed by atoms with Gasteiger partial charge in [-0.25, -0.2) is 13.6 Å². The standard InChI is InChI=1S/C10H11BrF2N2O2/c1-2-17-10(16)7-5(9(12)13)4-15-6(3-14)8(7)11/h4,9H,2-3,14H2,1H3. The molecule has 0 spiro atoms. The fraction of sp³-hybridized carbons (Fsp3) is 0.400. The van der Waals surface area contributed by atoms with Gasteiger partial charge < -0.3 is 10.5 Å². The summed E-state index contributed by atoms with van der Waals surface area (Å²) in [6.07, 6.45) is -1.85. The molecule has 0 fully saturated rings. The van der Waals surface area contributed by atoms with Crippen molar-refractivity contribution in [1.82, 2.24) is 4.98 Å². The molecule has 4 nitrogen and oxygen atoms in total. The molecule has 0 saturated heterocycles. The highest BCUT2D eigenvalue weighted by Crippen LogP contribution is 2.30. The lowest BCUT2D eigenvalue weighted by molar-refractivity contribution is 0.0513. The van der Waals surface area contributed by atoms with Gasteiger partial charge in [0.2, 0.25) is 0 Å². The number of halogens is 3. The summed E-state index contributed by atoms with van der Waals surface area (Å²) in [7, 11) is 0. The van der Waals surface area contributed by atoms with E-state index in [1.807, 2.05) is 0 Å². The average Bonchev–Trinajstić information content (AvgIpc) is 2.28. The molecule has 0 atom stereocenters. The van der Waals surface area contributed by atoms with Crippen molar-refractivity contribution >= 4 is 21.9 Å². The third-order valence-electron chi connectivity index (χ3n) is 2.03. The SMILES string of the molecule is CCOC(=O)c1c(C(F)F)cnc(CN)c1Br. The van der Waals surface area contributed by atoms with Crippen molar-refractivity contribution in [3.05, 3.63) is 27.5 Å². The van der Waals surface area contributed by atoms with Crippen molar-refractivity contribution < 1.29 is 18.3 Å². The smallest absolute Gasteiger partial charge is 0.339 e. The quantitative estimate of drug-likeness (QED) is 0.868. The van der Waals surface area contributed by atoms with Gasteiger partial charge in [0.25, 0.3) is 6.43 Å². The highest BCUT2D eigenvalue weighted by molar-refractivity contribution is 9.10. The van der Waals surface area contributed by atoms with Crippen molar-refractivity contribution in [3.63, 3.8) is 0 Å². The molecule has 17 heavy (non-hydrogen) atoms. The number of alkyl halides is 2. The summed E-state index contributed by atoms with van der Waals surface area (Å²) < 4.78 is 30.4. The maximum atomic E-state index is 12.7. The molecule has 0 bridgehead atoms. The number of ether oxygens (including phenoxy) is 1. The molecule has 0 aliphatic rings. The van der Waals surface area contributed by atoms with Crippen molar-refractivity contribution in [2.24, 2.45) is 5.73 Å². The van der Waals surface area contributed by atoms with Crippen LogP contribution in [-0.2, 0) is 11.3 Å². The lowest BCUT2D eigenvalue weighted by Crippen LogP contribution is -2.13. The van der Waals surface area contributed by atoms with E-state index in [4.69, 9.17) is 10.5 Å². The van der Waals surface area contributed by atoms with Gasteiger partial charge in [0, 0.05) is 12.7 Å². The van der Waals surface area contributed by atoms with Crippen LogP contribution in [0, 0.1) is 0 Å². The van der Waals surface area contributed by atoms with Crippen LogP contribution in [0.2, 0.25) is 0 Å². The van der Waals surface area contributed by atoms with Crippen LogP contribution in [0.5, 0.6) is 0 Å². The van der Waals surface area contributed by atoms with E-state index in [1.54, 1.807) is 6.92 Å². The molecular formula is C10H11BrF2N2O2. The Bertz CT molecular complexity index is 427. The molecule has 94 valence electrons. The van der Waals surface area contributed by atoms with Gasteiger partial charge in [0.05, 0.1) is 27.9 Å². The Morgan fingerprint density at radius 2 is 2.29 bits per heavy atom. The van der Waals surface area contributed by atoms with Crippen molar-refractivity contribution in [3.8, 4) is 0 Å². The summed E-state index contributed by atoms with van der Waals surface area (Å²) >= 11 is 3.05. The minimum absolute atomic E-state index is 0.0382. The molecule has 7 heteroatoms. The van der Waals surface area contributed by atoms with E-state index >= 15 is 0 Å². The number of pyridine rings is 1. The molecule has 0 aliphatic heterocycles. The number of carbonyl (C=O) groups is 1. The Morgan fingerprint density at radius 3 is 2.76 bits per heavy atom. The van der Waals surface area contributed by atoms with Crippen molar-refractivity contribution in [2.45, 2.75) is 19.9 Å². The zero-order valence-corrected chi connectivity index (χ0v) is 10.6. The Balaban J connectivity index is 3.34. The second-order valence-electron chi connectivity index (χ2n) is 3.07. The molecule has 1 rings (SSSR count). The second kappa shape index (κ2) is 6.02. The Kier molecular flexibility index (Phi) is 4.95. The Morgan fingerprint density at radius 1 is 1.65 bits per heavy atom. The largest absolute Gasteiger partial charge is 0.462 e. The summed E-state index contributed by atoms with van der Waals surface area (Å²) in [5, 5.41) is 0. The number of nitrogens with zero attached hydrogens (tertiary/aromatic N) is 1. The Labute approximate surface area is 105 Å². The van der Waals surface area contributed by atoms with Crippen LogP contribution in [0.3, 0.4) is 0 Å². The second-order valence-corrected chi connectivity index (χ2v) is 3.87. The van der Waals surface area contributed by atoms with E-state index in [0.29, 0.717) is 5.69 Å². The van der Waals surface area contributed by atoms with Gasteiger partial charge >= 0.3 is 5.97 Å². The fourth-order valence-electron chi connectivity index (χ4n) is 1.26. The van der Waals surface area contributed by atoms with Crippen LogP contribution >= 0.6 is 15.9 Å². The molecule has 1 aromatic rings. The third kappa shape index (κ3) is 2.98. The molecule has 0 aliphatic carbocycles. The van der Waals surface area contributed by atoms with Crippen molar-refractivity contribution in [2.75, 3.05) is 6.61 Å². The highest BCUT2D eigenvalue weighted by Gasteiger charge is 2.24. The van der Waals surface area contributed by atoms with Gasteiger partial charge in [-0.15, -0.1) is 0 Å². The summed E-state index contributed by atoms with van der Waals surface area (Å²) in [5.41, 5.74) is 5.04. The van der Waals surface area contributed by atoms with Crippen LogP contribution in [0.1, 0.15) is 35.0 Å². The van der Waals surface area contributed by atoms with Gasteiger partial charge in [-0.3, -0.25) is 4.98 Å². The number of hydrogen-bond acceptors (Lipinski definition) is 4. The van der Waals surface area contributed by atoms with E-state index < -0.39 is 18.0 Å². The molecule has 0 radical (unpaired) electrons. The van der Waals surface area contributed by atoms with Gasteiger partial charge in [0.15, 0.2) is 0 Å². The maximum Gasteiger partial charge on any atom is 0.339 e. The van der Waals surface area contributed by atoms with E-state index in [-0.39, 0.29) is 23.2 Å². The molecule has 0 saturated carbocycles. The van der Waals surface area contributed by atoms with E-state index in [0.717, 1.165) is 6.20 Å². The molecule has 0 amide bonds. The number of nitrogens with two attached hydrogens (primary N) is 1.